The van der Waals surface area contributed by atoms with Gasteiger partial charge in [0.25, 0.3) is 0 Å². The Kier molecular flexibility index (Phi) is 6.90. The van der Waals surface area contributed by atoms with Crippen LogP contribution in [0.2, 0.25) is 0 Å². The first-order chi connectivity index (χ1) is 17.4. The van der Waals surface area contributed by atoms with Crippen LogP contribution in [-0.2, 0) is 37.3 Å². The maximum absolute atomic E-state index is 13.9. The summed E-state index contributed by atoms with van der Waals surface area (Å²) in [5, 5.41) is 0. The summed E-state index contributed by atoms with van der Waals surface area (Å²) in [6.07, 6.45) is 1.29. The van der Waals surface area contributed by atoms with E-state index < -0.39 is 16.1 Å². The Morgan fingerprint density at radius 3 is 2.42 bits per heavy atom. The number of hydrogen-bond donors (Lipinski definition) is 0. The summed E-state index contributed by atoms with van der Waals surface area (Å²) < 4.78 is 45.4. The number of sulfonamides is 1. The SMILES string of the molecule is CCOC(=O)C1CCN(C(=O)C2Cc3ccccc3CN2S(=O)(=O)c2ccc3c(c2)OCCO3)CC1. The average Bonchev–Trinajstić information content (AvgIpc) is 2.91. The molecule has 3 heterocycles. The summed E-state index contributed by atoms with van der Waals surface area (Å²) in [6, 6.07) is 11.3. The minimum atomic E-state index is -4.03. The molecule has 0 radical (unpaired) electrons. The van der Waals surface area contributed by atoms with E-state index in [4.69, 9.17) is 14.2 Å². The van der Waals surface area contributed by atoms with Gasteiger partial charge in [-0.1, -0.05) is 24.3 Å². The van der Waals surface area contributed by atoms with Crippen LogP contribution in [0.25, 0.3) is 0 Å². The molecule has 1 saturated heterocycles. The molecule has 3 aliphatic rings. The Balaban J connectivity index is 1.42. The number of carbonyl (C=O) groups is 2. The van der Waals surface area contributed by atoms with Crippen LogP contribution < -0.4 is 9.47 Å². The lowest BCUT2D eigenvalue weighted by Gasteiger charge is -2.39. The van der Waals surface area contributed by atoms with Gasteiger partial charge in [0.2, 0.25) is 15.9 Å². The van der Waals surface area contributed by atoms with Crippen LogP contribution in [0.15, 0.2) is 47.4 Å². The van der Waals surface area contributed by atoms with E-state index in [1.807, 2.05) is 24.3 Å². The van der Waals surface area contributed by atoms with Crippen LogP contribution >= 0.6 is 0 Å². The Bertz CT molecular complexity index is 1250. The molecule has 2 aromatic carbocycles. The van der Waals surface area contributed by atoms with Crippen LogP contribution in [0.4, 0.5) is 0 Å². The van der Waals surface area contributed by atoms with E-state index in [0.29, 0.717) is 57.3 Å². The summed E-state index contributed by atoms with van der Waals surface area (Å²) in [5.41, 5.74) is 1.84. The van der Waals surface area contributed by atoms with Crippen molar-refractivity contribution >= 4 is 21.9 Å². The molecule has 0 aliphatic carbocycles. The van der Waals surface area contributed by atoms with Crippen LogP contribution in [0, 0.1) is 5.92 Å². The first-order valence-electron chi connectivity index (χ1n) is 12.3. The fourth-order valence-corrected chi connectivity index (χ4v) is 6.66. The van der Waals surface area contributed by atoms with Gasteiger partial charge in [0, 0.05) is 25.7 Å². The van der Waals surface area contributed by atoms with Gasteiger partial charge in [-0.25, -0.2) is 8.42 Å². The number of likely N-dealkylation sites (tertiary alicyclic amines) is 1. The highest BCUT2D eigenvalue weighted by molar-refractivity contribution is 7.89. The second-order valence-electron chi connectivity index (χ2n) is 9.20. The predicted molar refractivity (Wildman–Crippen MR) is 130 cm³/mol. The molecule has 0 bridgehead atoms. The number of fused-ring (bicyclic) bond motifs is 2. The molecular formula is C26H30N2O7S. The topological polar surface area (TPSA) is 102 Å². The van der Waals surface area contributed by atoms with Gasteiger partial charge in [-0.2, -0.15) is 4.31 Å². The fraction of sp³-hybridized carbons (Fsp3) is 0.462. The van der Waals surface area contributed by atoms with Crippen molar-refractivity contribution in [3.63, 3.8) is 0 Å². The monoisotopic (exact) mass is 514 g/mol. The maximum atomic E-state index is 13.9. The van der Waals surface area contributed by atoms with Crippen molar-refractivity contribution in [2.45, 2.75) is 43.7 Å². The van der Waals surface area contributed by atoms with Crippen molar-refractivity contribution in [3.05, 3.63) is 53.6 Å². The zero-order chi connectivity index (χ0) is 25.3. The molecule has 2 aromatic rings. The highest BCUT2D eigenvalue weighted by Gasteiger charge is 2.42. The molecule has 1 unspecified atom stereocenters. The summed E-state index contributed by atoms with van der Waals surface area (Å²) in [6.45, 7) is 3.72. The van der Waals surface area contributed by atoms with Crippen LogP contribution in [-0.4, -0.2) is 68.5 Å². The van der Waals surface area contributed by atoms with E-state index in [9.17, 15) is 18.0 Å². The first kappa shape index (κ1) is 24.6. The van der Waals surface area contributed by atoms with Gasteiger partial charge in [-0.05, 0) is 49.4 Å². The Morgan fingerprint density at radius 2 is 1.69 bits per heavy atom. The first-order valence-corrected chi connectivity index (χ1v) is 13.8. The minimum absolute atomic E-state index is 0.0601. The van der Waals surface area contributed by atoms with Gasteiger partial charge in [-0.15, -0.1) is 0 Å². The number of amides is 1. The summed E-state index contributed by atoms with van der Waals surface area (Å²) >= 11 is 0. The van der Waals surface area contributed by atoms with Gasteiger partial charge in [0.05, 0.1) is 17.4 Å². The lowest BCUT2D eigenvalue weighted by Crippen LogP contribution is -2.55. The molecule has 192 valence electrons. The standard InChI is InChI=1S/C26H30N2O7S/c1-2-33-26(30)18-9-11-27(12-10-18)25(29)22-15-19-5-3-4-6-20(19)17-28(22)36(31,32)21-7-8-23-24(16-21)35-14-13-34-23/h3-8,16,18,22H,2,9-15,17H2,1H3. The second kappa shape index (κ2) is 10.1. The van der Waals surface area contributed by atoms with Crippen LogP contribution in [0.1, 0.15) is 30.9 Å². The number of carbonyl (C=O) groups excluding carboxylic acids is 2. The molecule has 10 heteroatoms. The number of hydrogen-bond acceptors (Lipinski definition) is 7. The third-order valence-corrected chi connectivity index (χ3v) is 8.89. The molecule has 1 atom stereocenters. The number of benzene rings is 2. The summed E-state index contributed by atoms with van der Waals surface area (Å²) in [5.74, 6) is 0.163. The van der Waals surface area contributed by atoms with E-state index in [1.165, 1.54) is 16.4 Å². The summed E-state index contributed by atoms with van der Waals surface area (Å²) in [4.78, 5) is 27.6. The number of piperidine rings is 1. The molecular weight excluding hydrogens is 484 g/mol. The van der Waals surface area contributed by atoms with Gasteiger partial charge in [0.1, 0.15) is 19.3 Å². The van der Waals surface area contributed by atoms with Gasteiger partial charge in [-0.3, -0.25) is 9.59 Å². The second-order valence-corrected chi connectivity index (χ2v) is 11.1. The van der Waals surface area contributed by atoms with Crippen molar-refractivity contribution in [2.24, 2.45) is 5.92 Å². The smallest absolute Gasteiger partial charge is 0.309 e. The largest absolute Gasteiger partial charge is 0.486 e. The minimum Gasteiger partial charge on any atom is -0.486 e. The maximum Gasteiger partial charge on any atom is 0.309 e. The third-order valence-electron chi connectivity index (χ3n) is 7.04. The zero-order valence-electron chi connectivity index (χ0n) is 20.2. The number of esters is 1. The molecule has 1 amide bonds. The summed E-state index contributed by atoms with van der Waals surface area (Å²) in [7, 11) is -4.03. The molecule has 1 fully saturated rings. The molecule has 5 rings (SSSR count). The number of rotatable bonds is 5. The lowest BCUT2D eigenvalue weighted by molar-refractivity contribution is -0.151. The van der Waals surface area contributed by atoms with Crippen molar-refractivity contribution in [3.8, 4) is 11.5 Å². The van der Waals surface area contributed by atoms with E-state index in [-0.39, 0.29) is 35.7 Å². The van der Waals surface area contributed by atoms with Crippen molar-refractivity contribution in [1.29, 1.82) is 0 Å². The molecule has 0 aromatic heterocycles. The normalized spacial score (nSPS) is 20.5. The van der Waals surface area contributed by atoms with Gasteiger partial charge in [0.15, 0.2) is 11.5 Å². The van der Waals surface area contributed by atoms with Gasteiger partial charge >= 0.3 is 5.97 Å². The quantitative estimate of drug-likeness (QED) is 0.565. The molecule has 0 saturated carbocycles. The Labute approximate surface area is 211 Å². The third kappa shape index (κ3) is 4.67. The lowest BCUT2D eigenvalue weighted by atomic mass is 9.93. The highest BCUT2D eigenvalue weighted by atomic mass is 32.2. The van der Waals surface area contributed by atoms with E-state index in [0.717, 1.165) is 11.1 Å². The predicted octanol–water partition coefficient (Wildman–Crippen LogP) is 2.38. The molecule has 0 N–H and O–H groups in total. The molecule has 3 aliphatic heterocycles. The van der Waals surface area contributed by atoms with Crippen LogP contribution in [0.3, 0.4) is 0 Å². The number of nitrogens with zero attached hydrogens (tertiary/aromatic N) is 2. The highest BCUT2D eigenvalue weighted by Crippen LogP contribution is 2.36. The molecule has 9 nitrogen and oxygen atoms in total. The van der Waals surface area contributed by atoms with Crippen molar-refractivity contribution in [1.82, 2.24) is 9.21 Å². The Morgan fingerprint density at radius 1 is 1.00 bits per heavy atom. The van der Waals surface area contributed by atoms with E-state index in [2.05, 4.69) is 0 Å². The van der Waals surface area contributed by atoms with E-state index >= 15 is 0 Å². The van der Waals surface area contributed by atoms with Crippen molar-refractivity contribution in [2.75, 3.05) is 32.9 Å². The average molecular weight is 515 g/mol. The zero-order valence-corrected chi connectivity index (χ0v) is 21.0. The van der Waals surface area contributed by atoms with Crippen molar-refractivity contribution < 1.29 is 32.2 Å². The molecule has 0 spiro atoms. The number of ether oxygens (including phenoxy) is 3. The van der Waals surface area contributed by atoms with Crippen LogP contribution in [0.5, 0.6) is 11.5 Å². The molecule has 36 heavy (non-hydrogen) atoms. The fourth-order valence-electron chi connectivity index (χ4n) is 5.09. The van der Waals surface area contributed by atoms with E-state index in [1.54, 1.807) is 17.9 Å². The Hall–Kier alpha value is -3.11. The van der Waals surface area contributed by atoms with Gasteiger partial charge < -0.3 is 19.1 Å².